The van der Waals surface area contributed by atoms with Crippen LogP contribution < -0.4 is 4.74 Å². The number of rotatable bonds is 2. The third-order valence-corrected chi connectivity index (χ3v) is 2.83. The van der Waals surface area contributed by atoms with Gasteiger partial charge in [-0.2, -0.15) is 5.10 Å². The van der Waals surface area contributed by atoms with E-state index in [1.807, 2.05) is 0 Å². The fourth-order valence-electron chi connectivity index (χ4n) is 1.88. The molecule has 0 spiro atoms. The number of carbonyl (C=O) groups excluding carboxylic acids is 1. The topological polar surface area (TPSA) is 57.0 Å². The van der Waals surface area contributed by atoms with Crippen LogP contribution in [0.3, 0.4) is 0 Å². The molecule has 0 aliphatic rings. The van der Waals surface area contributed by atoms with Crippen molar-refractivity contribution in [3.8, 4) is 11.6 Å². The number of halogens is 2. The van der Waals surface area contributed by atoms with Crippen molar-refractivity contribution in [2.24, 2.45) is 0 Å². The number of carbonyl (C=O) groups is 1. The average molecular weight is 289 g/mol. The Bertz CT molecular complexity index is 845. The van der Waals surface area contributed by atoms with E-state index < -0.39 is 11.6 Å². The molecule has 0 N–H and O–H groups in total. The standard InChI is InChI=1S/C14H9F2N3O2/c1-8(20)19-12-5-14(17-6-9(12)7-18-19)21-13-3-2-10(15)4-11(13)16/h2-7H,1H3. The molecule has 3 rings (SSSR count). The number of ether oxygens (including phenoxy) is 1. The second kappa shape index (κ2) is 4.93. The van der Waals surface area contributed by atoms with Gasteiger partial charge in [0.2, 0.25) is 11.8 Å². The normalized spacial score (nSPS) is 10.8. The summed E-state index contributed by atoms with van der Waals surface area (Å²) in [5, 5.41) is 4.57. The molecule has 2 heterocycles. The highest BCUT2D eigenvalue weighted by Gasteiger charge is 2.11. The highest BCUT2D eigenvalue weighted by Crippen LogP contribution is 2.25. The van der Waals surface area contributed by atoms with Gasteiger partial charge in [0.25, 0.3) is 0 Å². The van der Waals surface area contributed by atoms with E-state index in [2.05, 4.69) is 10.1 Å². The Morgan fingerprint density at radius 3 is 2.76 bits per heavy atom. The fraction of sp³-hybridized carbons (Fsp3) is 0.0714. The maximum atomic E-state index is 13.5. The third kappa shape index (κ3) is 2.45. The first kappa shape index (κ1) is 13.2. The van der Waals surface area contributed by atoms with Crippen molar-refractivity contribution in [3.63, 3.8) is 0 Å². The van der Waals surface area contributed by atoms with Gasteiger partial charge in [0.15, 0.2) is 11.6 Å². The molecule has 21 heavy (non-hydrogen) atoms. The zero-order valence-corrected chi connectivity index (χ0v) is 10.9. The monoisotopic (exact) mass is 289 g/mol. The zero-order valence-electron chi connectivity index (χ0n) is 10.9. The molecule has 2 aromatic heterocycles. The van der Waals surface area contributed by atoms with Crippen LogP contribution in [0.1, 0.15) is 11.7 Å². The first-order valence-electron chi connectivity index (χ1n) is 6.02. The third-order valence-electron chi connectivity index (χ3n) is 2.83. The second-order valence-electron chi connectivity index (χ2n) is 4.33. The Balaban J connectivity index is 2.00. The minimum absolute atomic E-state index is 0.0796. The van der Waals surface area contributed by atoms with Gasteiger partial charge in [0.05, 0.1) is 11.7 Å². The lowest BCUT2D eigenvalue weighted by Gasteiger charge is -2.06. The molecule has 7 heteroatoms. The zero-order chi connectivity index (χ0) is 15.0. The highest BCUT2D eigenvalue weighted by molar-refractivity contribution is 5.89. The van der Waals surface area contributed by atoms with Gasteiger partial charge in [-0.05, 0) is 12.1 Å². The van der Waals surface area contributed by atoms with Crippen molar-refractivity contribution in [3.05, 3.63) is 48.3 Å². The molecule has 0 amide bonds. The minimum atomic E-state index is -0.836. The summed E-state index contributed by atoms with van der Waals surface area (Å²) in [5.74, 6) is -1.88. The molecule has 0 bridgehead atoms. The van der Waals surface area contributed by atoms with E-state index in [0.29, 0.717) is 17.0 Å². The molecule has 106 valence electrons. The molecule has 0 unspecified atom stereocenters. The predicted octanol–water partition coefficient (Wildman–Crippen LogP) is 3.16. The summed E-state index contributed by atoms with van der Waals surface area (Å²) in [7, 11) is 0. The van der Waals surface area contributed by atoms with Crippen LogP contribution >= 0.6 is 0 Å². The van der Waals surface area contributed by atoms with Crippen LogP contribution in [-0.4, -0.2) is 20.7 Å². The van der Waals surface area contributed by atoms with Gasteiger partial charge in [-0.25, -0.2) is 18.4 Å². The van der Waals surface area contributed by atoms with Crippen LogP contribution in [0, 0.1) is 11.6 Å². The minimum Gasteiger partial charge on any atom is -0.436 e. The van der Waals surface area contributed by atoms with Crippen molar-refractivity contribution in [1.29, 1.82) is 0 Å². The predicted molar refractivity (Wildman–Crippen MR) is 70.3 cm³/mol. The van der Waals surface area contributed by atoms with E-state index in [-0.39, 0.29) is 17.5 Å². The Hall–Kier alpha value is -2.83. The van der Waals surface area contributed by atoms with Gasteiger partial charge in [0, 0.05) is 30.6 Å². The van der Waals surface area contributed by atoms with Crippen molar-refractivity contribution >= 4 is 16.8 Å². The molecule has 0 aliphatic carbocycles. The second-order valence-corrected chi connectivity index (χ2v) is 4.33. The fourth-order valence-corrected chi connectivity index (χ4v) is 1.88. The van der Waals surface area contributed by atoms with Crippen molar-refractivity contribution < 1.29 is 18.3 Å². The van der Waals surface area contributed by atoms with E-state index in [1.54, 1.807) is 0 Å². The molecule has 5 nitrogen and oxygen atoms in total. The molecule has 1 aromatic carbocycles. The summed E-state index contributed by atoms with van der Waals surface area (Å²) >= 11 is 0. The number of hydrogen-bond donors (Lipinski definition) is 0. The average Bonchev–Trinajstić information content (AvgIpc) is 2.85. The Morgan fingerprint density at radius 2 is 2.05 bits per heavy atom. The van der Waals surface area contributed by atoms with Gasteiger partial charge in [-0.3, -0.25) is 4.79 Å². The summed E-state index contributed by atoms with van der Waals surface area (Å²) in [5.41, 5.74) is 0.495. The van der Waals surface area contributed by atoms with Crippen LogP contribution in [0.15, 0.2) is 36.7 Å². The highest BCUT2D eigenvalue weighted by atomic mass is 19.1. The van der Waals surface area contributed by atoms with Crippen LogP contribution in [0.5, 0.6) is 11.6 Å². The summed E-state index contributed by atoms with van der Waals surface area (Å²) in [4.78, 5) is 15.4. The van der Waals surface area contributed by atoms with Crippen LogP contribution in [-0.2, 0) is 0 Å². The van der Waals surface area contributed by atoms with Gasteiger partial charge in [0.1, 0.15) is 5.82 Å². The first-order chi connectivity index (χ1) is 10.0. The molecule has 3 aromatic rings. The Labute approximate surface area is 117 Å². The number of aromatic nitrogens is 3. The molecule has 0 radical (unpaired) electrons. The molecular weight excluding hydrogens is 280 g/mol. The maximum Gasteiger partial charge on any atom is 0.244 e. The maximum absolute atomic E-state index is 13.5. The van der Waals surface area contributed by atoms with Crippen LogP contribution in [0.2, 0.25) is 0 Å². The smallest absolute Gasteiger partial charge is 0.244 e. The van der Waals surface area contributed by atoms with Gasteiger partial charge < -0.3 is 4.74 Å². The van der Waals surface area contributed by atoms with E-state index >= 15 is 0 Å². The number of benzene rings is 1. The van der Waals surface area contributed by atoms with E-state index in [9.17, 15) is 13.6 Å². The van der Waals surface area contributed by atoms with Crippen molar-refractivity contribution in [1.82, 2.24) is 14.8 Å². The van der Waals surface area contributed by atoms with Crippen LogP contribution in [0.25, 0.3) is 10.9 Å². The van der Waals surface area contributed by atoms with E-state index in [0.717, 1.165) is 6.07 Å². The van der Waals surface area contributed by atoms with Crippen molar-refractivity contribution in [2.75, 3.05) is 0 Å². The molecule has 0 saturated heterocycles. The van der Waals surface area contributed by atoms with Gasteiger partial charge >= 0.3 is 0 Å². The Morgan fingerprint density at radius 1 is 1.24 bits per heavy atom. The molecule has 0 fully saturated rings. The van der Waals surface area contributed by atoms with Gasteiger partial charge in [-0.1, -0.05) is 0 Å². The molecule has 0 aliphatic heterocycles. The van der Waals surface area contributed by atoms with Crippen LogP contribution in [0.4, 0.5) is 8.78 Å². The molecule has 0 saturated carbocycles. The Kier molecular flexibility index (Phi) is 3.09. The lowest BCUT2D eigenvalue weighted by Crippen LogP contribution is -2.06. The number of pyridine rings is 1. The lowest BCUT2D eigenvalue weighted by atomic mass is 10.3. The van der Waals surface area contributed by atoms with Crippen molar-refractivity contribution in [2.45, 2.75) is 6.92 Å². The summed E-state index contributed by atoms with van der Waals surface area (Å²) in [6.07, 6.45) is 2.95. The molecule has 0 atom stereocenters. The quantitative estimate of drug-likeness (QED) is 0.727. The summed E-state index contributed by atoms with van der Waals surface area (Å²) in [6, 6.07) is 4.43. The number of hydrogen-bond acceptors (Lipinski definition) is 4. The summed E-state index contributed by atoms with van der Waals surface area (Å²) in [6.45, 7) is 1.37. The lowest BCUT2D eigenvalue weighted by molar-refractivity contribution is 0.0927. The first-order valence-corrected chi connectivity index (χ1v) is 6.02. The molecular formula is C14H9F2N3O2. The SMILES string of the molecule is CC(=O)n1ncc2cnc(Oc3ccc(F)cc3F)cc21. The van der Waals surface area contributed by atoms with E-state index in [4.69, 9.17) is 4.74 Å². The van der Waals surface area contributed by atoms with E-state index in [1.165, 1.54) is 36.1 Å². The van der Waals surface area contributed by atoms with Gasteiger partial charge in [-0.15, -0.1) is 0 Å². The number of fused-ring (bicyclic) bond motifs is 1. The largest absolute Gasteiger partial charge is 0.436 e. The number of nitrogens with zero attached hydrogens (tertiary/aromatic N) is 3. The summed E-state index contributed by atoms with van der Waals surface area (Å²) < 4.78 is 32.8.